The van der Waals surface area contributed by atoms with Crippen molar-refractivity contribution in [3.63, 3.8) is 0 Å². The quantitative estimate of drug-likeness (QED) is 0.676. The predicted molar refractivity (Wildman–Crippen MR) is 61.8 cm³/mol. The zero-order valence-corrected chi connectivity index (χ0v) is 10.4. The molecular weight excluding hydrogens is 244 g/mol. The van der Waals surface area contributed by atoms with E-state index in [0.717, 1.165) is 37.5 Å². The van der Waals surface area contributed by atoms with E-state index < -0.39 is 17.6 Å². The molecule has 0 spiro atoms. The summed E-state index contributed by atoms with van der Waals surface area (Å²) in [6.07, 6.45) is -2.01. The van der Waals surface area contributed by atoms with Crippen molar-refractivity contribution >= 4 is 0 Å². The second-order valence-corrected chi connectivity index (χ2v) is 5.16. The lowest BCUT2D eigenvalue weighted by Gasteiger charge is -2.24. The summed E-state index contributed by atoms with van der Waals surface area (Å²) < 4.78 is 51.8. The molecule has 0 amide bonds. The van der Waals surface area contributed by atoms with Crippen LogP contribution in [0.15, 0.2) is 18.2 Å². The Morgan fingerprint density at radius 3 is 2.33 bits per heavy atom. The number of halogens is 4. The van der Waals surface area contributed by atoms with E-state index in [9.17, 15) is 17.6 Å². The number of hydrogen-bond donors (Lipinski definition) is 0. The Morgan fingerprint density at radius 2 is 1.89 bits per heavy atom. The van der Waals surface area contributed by atoms with Gasteiger partial charge in [0, 0.05) is 5.41 Å². The van der Waals surface area contributed by atoms with Gasteiger partial charge >= 0.3 is 6.18 Å². The minimum absolute atomic E-state index is 0.204. The van der Waals surface area contributed by atoms with Crippen LogP contribution in [-0.4, -0.2) is 0 Å². The summed E-state index contributed by atoms with van der Waals surface area (Å²) in [7, 11) is 0. The fraction of sp³-hybridized carbons (Fsp3) is 0.571. The van der Waals surface area contributed by atoms with E-state index in [4.69, 9.17) is 0 Å². The fourth-order valence-electron chi connectivity index (χ4n) is 2.64. The van der Waals surface area contributed by atoms with Gasteiger partial charge in [-0.25, -0.2) is 4.39 Å². The van der Waals surface area contributed by atoms with Gasteiger partial charge in [0.1, 0.15) is 5.82 Å². The van der Waals surface area contributed by atoms with Gasteiger partial charge in [0.05, 0.1) is 5.56 Å². The normalized spacial score (nSPS) is 19.7. The Kier molecular flexibility index (Phi) is 3.16. The molecule has 0 aliphatic heterocycles. The highest BCUT2D eigenvalue weighted by atomic mass is 19.4. The van der Waals surface area contributed by atoms with Crippen LogP contribution < -0.4 is 0 Å². The number of hydrogen-bond acceptors (Lipinski definition) is 0. The van der Waals surface area contributed by atoms with Crippen molar-refractivity contribution in [1.82, 2.24) is 0 Å². The van der Waals surface area contributed by atoms with Gasteiger partial charge in [0.2, 0.25) is 0 Å². The van der Waals surface area contributed by atoms with Crippen molar-refractivity contribution in [3.8, 4) is 0 Å². The van der Waals surface area contributed by atoms with Gasteiger partial charge in [0.25, 0.3) is 0 Å². The molecule has 1 aromatic rings. The van der Waals surface area contributed by atoms with Crippen LogP contribution in [0.2, 0.25) is 0 Å². The van der Waals surface area contributed by atoms with Gasteiger partial charge in [-0.15, -0.1) is 0 Å². The van der Waals surface area contributed by atoms with Crippen LogP contribution in [-0.2, 0) is 11.6 Å². The first-order valence-corrected chi connectivity index (χ1v) is 6.18. The van der Waals surface area contributed by atoms with E-state index in [0.29, 0.717) is 0 Å². The summed E-state index contributed by atoms with van der Waals surface area (Å²) in [4.78, 5) is 0. The molecule has 0 aromatic heterocycles. The lowest BCUT2D eigenvalue weighted by molar-refractivity contribution is -0.137. The van der Waals surface area contributed by atoms with Crippen molar-refractivity contribution in [2.75, 3.05) is 0 Å². The number of alkyl halides is 3. The number of benzene rings is 1. The SMILES string of the molecule is CCC(C)C1(c2cc(C(F)(F)F)ccc2F)CC1. The Hall–Kier alpha value is -1.06. The van der Waals surface area contributed by atoms with Crippen molar-refractivity contribution in [2.24, 2.45) is 5.92 Å². The van der Waals surface area contributed by atoms with Crippen molar-refractivity contribution in [2.45, 2.75) is 44.7 Å². The second-order valence-electron chi connectivity index (χ2n) is 5.16. The molecule has 1 saturated carbocycles. The molecule has 100 valence electrons. The van der Waals surface area contributed by atoms with Crippen LogP contribution in [0.5, 0.6) is 0 Å². The van der Waals surface area contributed by atoms with Crippen LogP contribution in [0.4, 0.5) is 17.6 Å². The van der Waals surface area contributed by atoms with Gasteiger partial charge in [-0.3, -0.25) is 0 Å². The molecule has 1 aromatic carbocycles. The molecule has 0 radical (unpaired) electrons. The zero-order chi connectivity index (χ0) is 13.6. The molecule has 0 nitrogen and oxygen atoms in total. The molecule has 1 fully saturated rings. The first-order chi connectivity index (χ1) is 8.31. The van der Waals surface area contributed by atoms with Crippen LogP contribution in [0.1, 0.15) is 44.2 Å². The molecule has 0 N–H and O–H groups in total. The maximum Gasteiger partial charge on any atom is 0.416 e. The van der Waals surface area contributed by atoms with E-state index in [1.807, 2.05) is 13.8 Å². The Labute approximate surface area is 104 Å². The average Bonchev–Trinajstić information content (AvgIpc) is 3.08. The predicted octanol–water partition coefficient (Wildman–Crippen LogP) is 4.92. The highest BCUT2D eigenvalue weighted by Crippen LogP contribution is 2.56. The summed E-state index contributed by atoms with van der Waals surface area (Å²) in [5.41, 5.74) is -0.889. The van der Waals surface area contributed by atoms with Gasteiger partial charge < -0.3 is 0 Å². The summed E-state index contributed by atoms with van der Waals surface area (Å²) in [5, 5.41) is 0. The van der Waals surface area contributed by atoms with E-state index in [1.54, 1.807) is 0 Å². The maximum absolute atomic E-state index is 13.8. The molecule has 2 rings (SSSR count). The topological polar surface area (TPSA) is 0 Å². The lowest BCUT2D eigenvalue weighted by Crippen LogP contribution is -2.20. The third kappa shape index (κ3) is 2.13. The zero-order valence-electron chi connectivity index (χ0n) is 10.4. The maximum atomic E-state index is 13.8. The molecule has 1 atom stereocenters. The van der Waals surface area contributed by atoms with Gasteiger partial charge in [-0.05, 0) is 42.5 Å². The summed E-state index contributed by atoms with van der Waals surface area (Å²) in [6, 6.07) is 2.75. The van der Waals surface area contributed by atoms with Gasteiger partial charge in [0.15, 0.2) is 0 Å². The summed E-state index contributed by atoms with van der Waals surface area (Å²) in [5.74, 6) is -0.309. The lowest BCUT2D eigenvalue weighted by atomic mass is 9.81. The standard InChI is InChI=1S/C14H16F4/c1-3-9(2)13(6-7-13)11-8-10(14(16,17)18)4-5-12(11)15/h4-5,8-9H,3,6-7H2,1-2H3. The Bertz CT molecular complexity index is 444. The van der Waals surface area contributed by atoms with E-state index in [1.165, 1.54) is 0 Å². The third-order valence-corrected chi connectivity index (χ3v) is 4.17. The van der Waals surface area contributed by atoms with Crippen molar-refractivity contribution < 1.29 is 17.6 Å². The van der Waals surface area contributed by atoms with Crippen LogP contribution in [0, 0.1) is 11.7 Å². The van der Waals surface area contributed by atoms with Crippen LogP contribution >= 0.6 is 0 Å². The molecule has 4 heteroatoms. The van der Waals surface area contributed by atoms with Crippen LogP contribution in [0.25, 0.3) is 0 Å². The van der Waals surface area contributed by atoms with Gasteiger partial charge in [-0.2, -0.15) is 13.2 Å². The van der Waals surface area contributed by atoms with Gasteiger partial charge in [-0.1, -0.05) is 20.3 Å². The Morgan fingerprint density at radius 1 is 1.28 bits per heavy atom. The minimum Gasteiger partial charge on any atom is -0.207 e. The first-order valence-electron chi connectivity index (χ1n) is 6.18. The summed E-state index contributed by atoms with van der Waals surface area (Å²) >= 11 is 0. The first kappa shape index (κ1) is 13.4. The largest absolute Gasteiger partial charge is 0.416 e. The van der Waals surface area contributed by atoms with E-state index in [2.05, 4.69) is 0 Å². The smallest absolute Gasteiger partial charge is 0.207 e. The molecule has 1 aliphatic carbocycles. The average molecular weight is 260 g/mol. The number of rotatable bonds is 3. The van der Waals surface area contributed by atoms with Crippen LogP contribution in [0.3, 0.4) is 0 Å². The molecular formula is C14H16F4. The van der Waals surface area contributed by atoms with Crippen molar-refractivity contribution in [1.29, 1.82) is 0 Å². The van der Waals surface area contributed by atoms with E-state index in [-0.39, 0.29) is 16.9 Å². The molecule has 18 heavy (non-hydrogen) atoms. The highest BCUT2D eigenvalue weighted by molar-refractivity contribution is 5.37. The fourth-order valence-corrected chi connectivity index (χ4v) is 2.64. The molecule has 0 bridgehead atoms. The molecule has 0 saturated heterocycles. The molecule has 1 unspecified atom stereocenters. The monoisotopic (exact) mass is 260 g/mol. The summed E-state index contributed by atoms with van der Waals surface area (Å²) in [6.45, 7) is 3.96. The van der Waals surface area contributed by atoms with Crippen molar-refractivity contribution in [3.05, 3.63) is 35.1 Å². The van der Waals surface area contributed by atoms with E-state index >= 15 is 0 Å². The molecule has 0 heterocycles. The third-order valence-electron chi connectivity index (χ3n) is 4.17. The second kappa shape index (κ2) is 4.25. The highest BCUT2D eigenvalue weighted by Gasteiger charge is 2.50. The Balaban J connectivity index is 2.45. The molecule has 1 aliphatic rings. The minimum atomic E-state index is -4.41.